The number of hydrogen-bond donors (Lipinski definition) is 2. The summed E-state index contributed by atoms with van der Waals surface area (Å²) in [6, 6.07) is 0.325. The molecule has 2 atom stereocenters. The molecule has 94 valence electrons. The monoisotopic (exact) mass is 236 g/mol. The molecule has 1 saturated carbocycles. The molecule has 3 N–H and O–H groups in total. The van der Waals surface area contributed by atoms with Crippen LogP contribution in [0.5, 0.6) is 5.88 Å². The maximum Gasteiger partial charge on any atom is 0.234 e. The molecular weight excluding hydrogens is 216 g/mol. The first-order valence-electron chi connectivity index (χ1n) is 6.24. The van der Waals surface area contributed by atoms with E-state index in [0.29, 0.717) is 24.4 Å². The highest BCUT2D eigenvalue weighted by Crippen LogP contribution is 2.24. The van der Waals surface area contributed by atoms with Crippen LogP contribution < -0.4 is 15.8 Å². The smallest absolute Gasteiger partial charge is 0.234 e. The molecule has 0 saturated heterocycles. The van der Waals surface area contributed by atoms with Crippen LogP contribution in [0.4, 0.5) is 5.82 Å². The first-order chi connectivity index (χ1) is 8.29. The largest absolute Gasteiger partial charge is 0.477 e. The van der Waals surface area contributed by atoms with Gasteiger partial charge in [-0.2, -0.15) is 4.98 Å². The predicted molar refractivity (Wildman–Crippen MR) is 67.0 cm³/mol. The SMILES string of the molecule is CCOc1cncc(NCC2CCCC2N)n1. The summed E-state index contributed by atoms with van der Waals surface area (Å²) in [5.41, 5.74) is 6.02. The van der Waals surface area contributed by atoms with Gasteiger partial charge in [-0.15, -0.1) is 0 Å². The molecule has 2 unspecified atom stereocenters. The number of nitrogens with two attached hydrogens (primary N) is 1. The molecule has 0 amide bonds. The van der Waals surface area contributed by atoms with Gasteiger partial charge < -0.3 is 15.8 Å². The van der Waals surface area contributed by atoms with Crippen molar-refractivity contribution in [2.24, 2.45) is 11.7 Å². The lowest BCUT2D eigenvalue weighted by atomic mass is 10.1. The molecule has 1 aromatic heterocycles. The third-order valence-electron chi connectivity index (χ3n) is 3.17. The van der Waals surface area contributed by atoms with E-state index in [1.54, 1.807) is 12.4 Å². The first kappa shape index (κ1) is 12.1. The number of nitrogens with zero attached hydrogens (tertiary/aromatic N) is 2. The number of hydrogen-bond acceptors (Lipinski definition) is 5. The fourth-order valence-corrected chi connectivity index (χ4v) is 2.21. The van der Waals surface area contributed by atoms with Crippen LogP contribution in [-0.2, 0) is 0 Å². The molecule has 0 spiro atoms. The molecule has 0 bridgehead atoms. The zero-order valence-electron chi connectivity index (χ0n) is 10.2. The van der Waals surface area contributed by atoms with E-state index >= 15 is 0 Å². The van der Waals surface area contributed by atoms with Crippen LogP contribution in [0.1, 0.15) is 26.2 Å². The summed E-state index contributed by atoms with van der Waals surface area (Å²) in [6.45, 7) is 3.40. The highest BCUT2D eigenvalue weighted by molar-refractivity contribution is 5.33. The summed E-state index contributed by atoms with van der Waals surface area (Å²) in [4.78, 5) is 8.40. The van der Waals surface area contributed by atoms with Gasteiger partial charge in [0, 0.05) is 12.6 Å². The van der Waals surface area contributed by atoms with E-state index in [-0.39, 0.29) is 0 Å². The van der Waals surface area contributed by atoms with Gasteiger partial charge >= 0.3 is 0 Å². The maximum absolute atomic E-state index is 6.02. The van der Waals surface area contributed by atoms with Gasteiger partial charge in [0.1, 0.15) is 5.82 Å². The normalized spacial score (nSPS) is 23.6. The van der Waals surface area contributed by atoms with E-state index in [2.05, 4.69) is 15.3 Å². The Morgan fingerprint density at radius 1 is 1.47 bits per heavy atom. The van der Waals surface area contributed by atoms with E-state index in [4.69, 9.17) is 10.5 Å². The van der Waals surface area contributed by atoms with Crippen molar-refractivity contribution in [2.75, 3.05) is 18.5 Å². The minimum Gasteiger partial charge on any atom is -0.477 e. The Labute approximate surface area is 102 Å². The number of ether oxygens (including phenoxy) is 1. The molecule has 1 fully saturated rings. The Morgan fingerprint density at radius 2 is 2.35 bits per heavy atom. The van der Waals surface area contributed by atoms with E-state index in [1.165, 1.54) is 12.8 Å². The Balaban J connectivity index is 1.87. The number of anilines is 1. The topological polar surface area (TPSA) is 73.1 Å². The summed E-state index contributed by atoms with van der Waals surface area (Å²) in [5.74, 6) is 1.87. The average molecular weight is 236 g/mol. The van der Waals surface area contributed by atoms with Crippen LogP contribution in [0.15, 0.2) is 12.4 Å². The first-order valence-corrected chi connectivity index (χ1v) is 6.24. The average Bonchev–Trinajstić information content (AvgIpc) is 2.73. The minimum absolute atomic E-state index is 0.325. The molecule has 1 heterocycles. The summed E-state index contributed by atoms with van der Waals surface area (Å²) >= 11 is 0. The van der Waals surface area contributed by atoms with Crippen LogP contribution in [0.2, 0.25) is 0 Å². The third kappa shape index (κ3) is 3.30. The number of aromatic nitrogens is 2. The van der Waals surface area contributed by atoms with Gasteiger partial charge in [0.05, 0.1) is 19.0 Å². The summed E-state index contributed by atoms with van der Waals surface area (Å²) in [5, 5.41) is 3.28. The van der Waals surface area contributed by atoms with Gasteiger partial charge in [-0.05, 0) is 25.7 Å². The lowest BCUT2D eigenvalue weighted by molar-refractivity contribution is 0.325. The van der Waals surface area contributed by atoms with Gasteiger partial charge in [-0.3, -0.25) is 4.98 Å². The molecule has 0 aliphatic heterocycles. The molecule has 0 aromatic carbocycles. The molecular formula is C12H20N4O. The van der Waals surface area contributed by atoms with Crippen molar-refractivity contribution >= 4 is 5.82 Å². The third-order valence-corrected chi connectivity index (χ3v) is 3.17. The van der Waals surface area contributed by atoms with Gasteiger partial charge in [0.25, 0.3) is 0 Å². The van der Waals surface area contributed by atoms with E-state index in [1.807, 2.05) is 6.92 Å². The Morgan fingerprint density at radius 3 is 3.06 bits per heavy atom. The molecule has 0 radical (unpaired) electrons. The van der Waals surface area contributed by atoms with Crippen LogP contribution in [0.3, 0.4) is 0 Å². The quantitative estimate of drug-likeness (QED) is 0.808. The predicted octanol–water partition coefficient (Wildman–Crippen LogP) is 1.41. The van der Waals surface area contributed by atoms with Crippen molar-refractivity contribution in [3.8, 4) is 5.88 Å². The van der Waals surface area contributed by atoms with Crippen LogP contribution >= 0.6 is 0 Å². The highest BCUT2D eigenvalue weighted by atomic mass is 16.5. The Kier molecular flexibility index (Phi) is 4.14. The zero-order valence-corrected chi connectivity index (χ0v) is 10.2. The van der Waals surface area contributed by atoms with E-state index < -0.39 is 0 Å². The summed E-state index contributed by atoms with van der Waals surface area (Å²) in [6.07, 6.45) is 6.90. The lowest BCUT2D eigenvalue weighted by Crippen LogP contribution is -2.29. The van der Waals surface area contributed by atoms with Gasteiger partial charge in [0.15, 0.2) is 0 Å². The highest BCUT2D eigenvalue weighted by Gasteiger charge is 2.23. The van der Waals surface area contributed by atoms with Crippen LogP contribution in [0.25, 0.3) is 0 Å². The second-order valence-electron chi connectivity index (χ2n) is 4.41. The number of rotatable bonds is 5. The molecule has 5 nitrogen and oxygen atoms in total. The van der Waals surface area contributed by atoms with Crippen molar-refractivity contribution in [3.05, 3.63) is 12.4 Å². The fraction of sp³-hybridized carbons (Fsp3) is 0.667. The standard InChI is InChI=1S/C12H20N4O/c1-2-17-12-8-14-7-11(16-12)15-6-9-4-3-5-10(9)13/h7-10H,2-6,13H2,1H3,(H,15,16). The Hall–Kier alpha value is -1.36. The van der Waals surface area contributed by atoms with Gasteiger partial charge in [-0.25, -0.2) is 0 Å². The Bertz CT molecular complexity index is 358. The van der Waals surface area contributed by atoms with Crippen molar-refractivity contribution in [1.29, 1.82) is 0 Å². The van der Waals surface area contributed by atoms with Crippen molar-refractivity contribution < 1.29 is 4.74 Å². The van der Waals surface area contributed by atoms with Crippen molar-refractivity contribution in [2.45, 2.75) is 32.2 Å². The molecule has 1 aromatic rings. The second-order valence-corrected chi connectivity index (χ2v) is 4.41. The second kappa shape index (κ2) is 5.82. The molecule has 1 aliphatic carbocycles. The van der Waals surface area contributed by atoms with Crippen molar-refractivity contribution in [3.63, 3.8) is 0 Å². The van der Waals surface area contributed by atoms with Gasteiger partial charge in [0.2, 0.25) is 5.88 Å². The van der Waals surface area contributed by atoms with Crippen LogP contribution in [-0.4, -0.2) is 29.2 Å². The van der Waals surface area contributed by atoms with E-state index in [0.717, 1.165) is 18.8 Å². The van der Waals surface area contributed by atoms with E-state index in [9.17, 15) is 0 Å². The molecule has 1 aliphatic rings. The lowest BCUT2D eigenvalue weighted by Gasteiger charge is -2.16. The number of nitrogens with one attached hydrogen (secondary N) is 1. The maximum atomic E-state index is 6.02. The van der Waals surface area contributed by atoms with Gasteiger partial charge in [-0.1, -0.05) is 6.42 Å². The summed E-state index contributed by atoms with van der Waals surface area (Å²) in [7, 11) is 0. The van der Waals surface area contributed by atoms with Crippen molar-refractivity contribution in [1.82, 2.24) is 9.97 Å². The fourth-order valence-electron chi connectivity index (χ4n) is 2.21. The van der Waals surface area contributed by atoms with Crippen LogP contribution in [0, 0.1) is 5.92 Å². The zero-order chi connectivity index (χ0) is 12.1. The molecule has 17 heavy (non-hydrogen) atoms. The molecule has 2 rings (SSSR count). The summed E-state index contributed by atoms with van der Waals surface area (Å²) < 4.78 is 5.30. The minimum atomic E-state index is 0.325. The molecule has 5 heteroatoms.